The molecule has 2 heteroatoms. The lowest BCUT2D eigenvalue weighted by atomic mass is 9.62. The zero-order chi connectivity index (χ0) is 12.0. The highest BCUT2D eigenvalue weighted by molar-refractivity contribution is 5.59. The van der Waals surface area contributed by atoms with Crippen molar-refractivity contribution in [1.29, 1.82) is 0 Å². The first-order chi connectivity index (χ1) is 8.00. The number of rotatable bonds is 2. The molecule has 0 aromatic heterocycles. The molecule has 2 fully saturated rings. The smallest absolute Gasteiger partial charge is 0.119 e. The van der Waals surface area contributed by atoms with Gasteiger partial charge in [-0.25, -0.2) is 0 Å². The Kier molecular flexibility index (Phi) is 1.48. The molecule has 2 nitrogen and oxygen atoms in total. The van der Waals surface area contributed by atoms with Crippen LogP contribution in [0.5, 0.6) is 5.75 Å². The van der Waals surface area contributed by atoms with Crippen molar-refractivity contribution in [3.05, 3.63) is 29.3 Å². The van der Waals surface area contributed by atoms with E-state index in [-0.39, 0.29) is 5.41 Å². The first-order valence-corrected chi connectivity index (χ1v) is 6.41. The number of fused-ring (bicyclic) bond motifs is 4. The van der Waals surface area contributed by atoms with Gasteiger partial charge in [0.1, 0.15) is 5.75 Å². The molecule has 4 atom stereocenters. The summed E-state index contributed by atoms with van der Waals surface area (Å²) in [6.45, 7) is 3.95. The van der Waals surface area contributed by atoms with Crippen molar-refractivity contribution in [3.63, 3.8) is 0 Å². The van der Waals surface area contributed by atoms with Crippen molar-refractivity contribution >= 4 is 0 Å². The summed E-state index contributed by atoms with van der Waals surface area (Å²) in [5.74, 6) is 2.94. The topological polar surface area (TPSA) is 29.5 Å². The second-order valence-electron chi connectivity index (χ2n) is 6.41. The van der Waals surface area contributed by atoms with Gasteiger partial charge in [-0.3, -0.25) is 0 Å². The number of methoxy groups -OCH3 is 1. The molecular weight excluding hydrogens is 212 g/mol. The Bertz CT molecular complexity index is 514. The third-order valence-corrected chi connectivity index (χ3v) is 5.56. The van der Waals surface area contributed by atoms with E-state index in [1.54, 1.807) is 7.11 Å². The fourth-order valence-corrected chi connectivity index (χ4v) is 4.75. The summed E-state index contributed by atoms with van der Waals surface area (Å²) in [7, 11) is 1.72. The second-order valence-corrected chi connectivity index (χ2v) is 6.41. The van der Waals surface area contributed by atoms with Crippen molar-refractivity contribution < 1.29 is 9.84 Å². The van der Waals surface area contributed by atoms with Crippen LogP contribution >= 0.6 is 0 Å². The first-order valence-electron chi connectivity index (χ1n) is 6.41. The van der Waals surface area contributed by atoms with Crippen molar-refractivity contribution in [2.24, 2.45) is 11.3 Å². The fraction of sp³-hybridized carbons (Fsp3) is 0.600. The third-order valence-electron chi connectivity index (χ3n) is 5.56. The summed E-state index contributed by atoms with van der Waals surface area (Å²) in [4.78, 5) is 0. The first kappa shape index (κ1) is 9.95. The number of hydrogen-bond donors (Lipinski definition) is 1. The van der Waals surface area contributed by atoms with E-state index in [2.05, 4.69) is 18.2 Å². The molecule has 90 valence electrons. The maximum Gasteiger partial charge on any atom is 0.119 e. The average Bonchev–Trinajstić information content (AvgIpc) is 2.68. The third kappa shape index (κ3) is 0.866. The van der Waals surface area contributed by atoms with Crippen LogP contribution in [-0.2, 0) is 0 Å². The largest absolute Gasteiger partial charge is 0.497 e. The molecule has 0 unspecified atom stereocenters. The summed E-state index contributed by atoms with van der Waals surface area (Å²) in [5, 5.41) is 10.4. The number of ether oxygens (including phenoxy) is 1. The molecule has 0 radical (unpaired) electrons. The molecular formula is C15H18O2. The average molecular weight is 230 g/mol. The number of benzene rings is 1. The van der Waals surface area contributed by atoms with E-state index in [0.717, 1.165) is 12.2 Å². The predicted octanol–water partition coefficient (Wildman–Crippen LogP) is 2.67. The van der Waals surface area contributed by atoms with E-state index < -0.39 is 5.60 Å². The zero-order valence-corrected chi connectivity index (χ0v) is 10.5. The Morgan fingerprint density at radius 2 is 2.12 bits per heavy atom. The van der Waals surface area contributed by atoms with Crippen LogP contribution in [0.1, 0.15) is 43.2 Å². The molecule has 1 aromatic rings. The summed E-state index contributed by atoms with van der Waals surface area (Å²) in [5.41, 5.74) is 2.61. The van der Waals surface area contributed by atoms with Gasteiger partial charge in [-0.2, -0.15) is 0 Å². The quantitative estimate of drug-likeness (QED) is 0.846. The van der Waals surface area contributed by atoms with Crippen LogP contribution < -0.4 is 4.74 Å². The van der Waals surface area contributed by atoms with Crippen LogP contribution in [0, 0.1) is 11.3 Å². The molecule has 3 aliphatic carbocycles. The lowest BCUT2D eigenvalue weighted by molar-refractivity contribution is -0.0483. The van der Waals surface area contributed by atoms with Gasteiger partial charge in [0.05, 0.1) is 12.7 Å². The van der Waals surface area contributed by atoms with Crippen LogP contribution in [0.3, 0.4) is 0 Å². The van der Waals surface area contributed by atoms with E-state index in [1.807, 2.05) is 13.8 Å². The van der Waals surface area contributed by atoms with Crippen molar-refractivity contribution in [3.8, 4) is 5.75 Å². The summed E-state index contributed by atoms with van der Waals surface area (Å²) in [6, 6.07) is 6.45. The van der Waals surface area contributed by atoms with Gasteiger partial charge in [-0.05, 0) is 61.3 Å². The molecule has 1 N–H and O–H groups in total. The Labute approximate surface area is 102 Å². The molecule has 0 amide bonds. The lowest BCUT2D eigenvalue weighted by Gasteiger charge is -2.45. The minimum Gasteiger partial charge on any atom is -0.497 e. The zero-order valence-electron chi connectivity index (χ0n) is 10.5. The summed E-state index contributed by atoms with van der Waals surface area (Å²) >= 11 is 0. The van der Waals surface area contributed by atoms with E-state index >= 15 is 0 Å². The van der Waals surface area contributed by atoms with Gasteiger partial charge in [0.15, 0.2) is 0 Å². The van der Waals surface area contributed by atoms with E-state index in [4.69, 9.17) is 4.74 Å². The van der Waals surface area contributed by atoms with Crippen molar-refractivity contribution in [1.82, 2.24) is 0 Å². The summed E-state index contributed by atoms with van der Waals surface area (Å²) in [6.07, 6.45) is 1.16. The summed E-state index contributed by atoms with van der Waals surface area (Å²) < 4.78 is 5.30. The molecule has 0 aliphatic heterocycles. The molecule has 0 spiro atoms. The normalized spacial score (nSPS) is 40.4. The Balaban J connectivity index is 1.79. The Morgan fingerprint density at radius 3 is 2.76 bits per heavy atom. The molecule has 0 heterocycles. The number of aliphatic hydroxyl groups is 1. The molecule has 2 saturated carbocycles. The van der Waals surface area contributed by atoms with Crippen LogP contribution in [0.15, 0.2) is 18.2 Å². The van der Waals surface area contributed by atoms with Crippen LogP contribution in [-0.4, -0.2) is 17.8 Å². The second kappa shape index (κ2) is 2.54. The van der Waals surface area contributed by atoms with Crippen LogP contribution in [0.25, 0.3) is 0 Å². The molecule has 4 rings (SSSR count). The van der Waals surface area contributed by atoms with Crippen molar-refractivity contribution in [2.75, 3.05) is 7.11 Å². The van der Waals surface area contributed by atoms with Gasteiger partial charge in [-0.1, -0.05) is 6.07 Å². The molecule has 0 saturated heterocycles. The van der Waals surface area contributed by atoms with Crippen LogP contribution in [0.4, 0.5) is 0 Å². The molecule has 1 aromatic carbocycles. The van der Waals surface area contributed by atoms with Crippen molar-refractivity contribution in [2.45, 2.75) is 37.7 Å². The van der Waals surface area contributed by atoms with Crippen LogP contribution in [0.2, 0.25) is 0 Å². The standard InChI is InChI=1S/C15H18O2/c1-14(2,16)15-7-11-10-6-8(17-3)4-5-9(10)12(15)13(11)15/h4-6,11-13,16H,7H2,1-3H3/t11-,12+,13-,15-/m0/s1. The molecule has 3 aliphatic rings. The van der Waals surface area contributed by atoms with Gasteiger partial charge >= 0.3 is 0 Å². The van der Waals surface area contributed by atoms with Gasteiger partial charge in [-0.15, -0.1) is 0 Å². The number of hydrogen-bond acceptors (Lipinski definition) is 2. The van der Waals surface area contributed by atoms with Gasteiger partial charge in [0, 0.05) is 5.41 Å². The van der Waals surface area contributed by atoms with Gasteiger partial charge in [0.2, 0.25) is 0 Å². The molecule has 0 bridgehead atoms. The lowest BCUT2D eigenvalue weighted by Crippen LogP contribution is -2.44. The Morgan fingerprint density at radius 1 is 1.35 bits per heavy atom. The SMILES string of the molecule is COc1ccc2c(c1)[C@@H]1C[C@@]3(C(C)(C)O)[C@@H]1[C@@H]23. The fourth-order valence-electron chi connectivity index (χ4n) is 4.75. The minimum absolute atomic E-state index is 0.194. The van der Waals surface area contributed by atoms with E-state index in [9.17, 15) is 5.11 Å². The monoisotopic (exact) mass is 230 g/mol. The van der Waals surface area contributed by atoms with E-state index in [1.165, 1.54) is 11.1 Å². The Hall–Kier alpha value is -1.02. The maximum atomic E-state index is 10.4. The highest BCUT2D eigenvalue weighted by Crippen LogP contribution is 2.89. The predicted molar refractivity (Wildman–Crippen MR) is 65.3 cm³/mol. The highest BCUT2D eigenvalue weighted by atomic mass is 16.5. The molecule has 17 heavy (non-hydrogen) atoms. The van der Waals surface area contributed by atoms with E-state index in [0.29, 0.717) is 17.8 Å². The highest BCUT2D eigenvalue weighted by Gasteiger charge is 2.83. The minimum atomic E-state index is -0.531. The van der Waals surface area contributed by atoms with Gasteiger partial charge < -0.3 is 9.84 Å². The maximum absolute atomic E-state index is 10.4. The van der Waals surface area contributed by atoms with Gasteiger partial charge in [0.25, 0.3) is 0 Å².